The van der Waals surface area contributed by atoms with E-state index in [1.807, 2.05) is 13.0 Å². The van der Waals surface area contributed by atoms with Crippen molar-refractivity contribution in [1.29, 1.82) is 0 Å². The van der Waals surface area contributed by atoms with Crippen LogP contribution in [-0.4, -0.2) is 19.7 Å². The summed E-state index contributed by atoms with van der Waals surface area (Å²) in [6, 6.07) is 6.27. The number of hydrogen-bond donors (Lipinski definition) is 2. The van der Waals surface area contributed by atoms with Crippen molar-refractivity contribution in [3.8, 4) is 5.75 Å². The Bertz CT molecular complexity index is 394. The summed E-state index contributed by atoms with van der Waals surface area (Å²) >= 11 is 0. The van der Waals surface area contributed by atoms with Gasteiger partial charge < -0.3 is 15.8 Å². The van der Waals surface area contributed by atoms with Crippen LogP contribution in [-0.2, 0) is 0 Å². The fourth-order valence-corrected chi connectivity index (χ4v) is 2.50. The monoisotopic (exact) mass is 248 g/mol. The number of ether oxygens (including phenoxy) is 1. The lowest BCUT2D eigenvalue weighted by Gasteiger charge is -2.41. The van der Waals surface area contributed by atoms with Crippen LogP contribution in [0.3, 0.4) is 0 Å². The Morgan fingerprint density at radius 2 is 2.17 bits per heavy atom. The first kappa shape index (κ1) is 13.2. The Hall–Kier alpha value is -1.22. The highest BCUT2D eigenvalue weighted by Gasteiger charge is 2.35. The molecule has 1 aromatic carbocycles. The Morgan fingerprint density at radius 1 is 1.39 bits per heavy atom. The quantitative estimate of drug-likeness (QED) is 0.813. The molecule has 1 aliphatic carbocycles. The van der Waals surface area contributed by atoms with Crippen LogP contribution in [0.5, 0.6) is 5.75 Å². The van der Waals surface area contributed by atoms with Gasteiger partial charge in [0.1, 0.15) is 5.75 Å². The second-order valence-electron chi connectivity index (χ2n) is 5.32. The van der Waals surface area contributed by atoms with Gasteiger partial charge >= 0.3 is 0 Å². The highest BCUT2D eigenvalue weighted by molar-refractivity contribution is 5.51. The average molecular weight is 248 g/mol. The number of benzene rings is 1. The first-order valence-corrected chi connectivity index (χ1v) is 6.86. The number of nitrogens with two attached hydrogens (primary N) is 1. The lowest BCUT2D eigenvalue weighted by Crippen LogP contribution is -2.42. The van der Waals surface area contributed by atoms with E-state index in [1.54, 1.807) is 0 Å². The van der Waals surface area contributed by atoms with Crippen LogP contribution in [0, 0.1) is 12.3 Å². The largest absolute Gasteiger partial charge is 0.494 e. The van der Waals surface area contributed by atoms with E-state index in [2.05, 4.69) is 24.4 Å². The summed E-state index contributed by atoms with van der Waals surface area (Å²) in [5, 5.41) is 3.51. The van der Waals surface area contributed by atoms with Gasteiger partial charge in [-0.25, -0.2) is 0 Å². The molecule has 0 saturated heterocycles. The van der Waals surface area contributed by atoms with Gasteiger partial charge in [-0.1, -0.05) is 6.42 Å². The first-order valence-electron chi connectivity index (χ1n) is 6.86. The Morgan fingerprint density at radius 3 is 2.67 bits per heavy atom. The molecule has 0 heterocycles. The second-order valence-corrected chi connectivity index (χ2v) is 5.32. The topological polar surface area (TPSA) is 47.3 Å². The number of rotatable bonds is 6. The minimum Gasteiger partial charge on any atom is -0.494 e. The van der Waals surface area contributed by atoms with Gasteiger partial charge in [0.25, 0.3) is 0 Å². The van der Waals surface area contributed by atoms with Gasteiger partial charge in [0, 0.05) is 12.2 Å². The van der Waals surface area contributed by atoms with E-state index in [-0.39, 0.29) is 0 Å². The molecule has 0 radical (unpaired) electrons. The summed E-state index contributed by atoms with van der Waals surface area (Å²) in [6.07, 6.45) is 3.83. The molecule has 100 valence electrons. The van der Waals surface area contributed by atoms with Crippen molar-refractivity contribution >= 4 is 5.69 Å². The molecule has 0 bridgehead atoms. The number of nitrogens with one attached hydrogen (secondary N) is 1. The van der Waals surface area contributed by atoms with Crippen molar-refractivity contribution in [2.75, 3.05) is 25.0 Å². The highest BCUT2D eigenvalue weighted by atomic mass is 16.5. The van der Waals surface area contributed by atoms with Gasteiger partial charge in [0.15, 0.2) is 0 Å². The zero-order valence-corrected chi connectivity index (χ0v) is 11.5. The number of aryl methyl sites for hydroxylation is 1. The van der Waals surface area contributed by atoms with Crippen LogP contribution in [0.4, 0.5) is 5.69 Å². The predicted molar refractivity (Wildman–Crippen MR) is 76.2 cm³/mol. The summed E-state index contributed by atoms with van der Waals surface area (Å²) in [6.45, 7) is 6.57. The third-order valence-electron chi connectivity index (χ3n) is 3.99. The second kappa shape index (κ2) is 5.61. The maximum Gasteiger partial charge on any atom is 0.122 e. The maximum absolute atomic E-state index is 5.87. The molecule has 1 saturated carbocycles. The van der Waals surface area contributed by atoms with Gasteiger partial charge in [0.2, 0.25) is 0 Å². The molecular formula is C15H24N2O. The molecule has 0 aromatic heterocycles. The smallest absolute Gasteiger partial charge is 0.122 e. The molecule has 18 heavy (non-hydrogen) atoms. The molecule has 0 amide bonds. The first-order chi connectivity index (χ1) is 8.69. The highest BCUT2D eigenvalue weighted by Crippen LogP contribution is 2.40. The van der Waals surface area contributed by atoms with Crippen LogP contribution in [0.15, 0.2) is 18.2 Å². The van der Waals surface area contributed by atoms with Crippen LogP contribution < -0.4 is 15.8 Å². The fourth-order valence-electron chi connectivity index (χ4n) is 2.50. The molecule has 0 spiro atoms. The van der Waals surface area contributed by atoms with Gasteiger partial charge in [0.05, 0.1) is 6.61 Å². The molecule has 0 atom stereocenters. The molecule has 1 aromatic rings. The van der Waals surface area contributed by atoms with Crippen LogP contribution in [0.25, 0.3) is 0 Å². The molecule has 3 nitrogen and oxygen atoms in total. The predicted octanol–water partition coefficient (Wildman–Crippen LogP) is 2.93. The van der Waals surface area contributed by atoms with Gasteiger partial charge in [-0.2, -0.15) is 0 Å². The Kier molecular flexibility index (Phi) is 4.12. The summed E-state index contributed by atoms with van der Waals surface area (Å²) in [4.78, 5) is 0. The van der Waals surface area contributed by atoms with Crippen LogP contribution >= 0.6 is 0 Å². The molecule has 3 heteroatoms. The van der Waals surface area contributed by atoms with E-state index >= 15 is 0 Å². The maximum atomic E-state index is 5.87. The molecule has 1 aliphatic rings. The van der Waals surface area contributed by atoms with Crippen molar-refractivity contribution in [2.24, 2.45) is 11.1 Å². The van der Waals surface area contributed by atoms with E-state index in [1.165, 1.54) is 24.8 Å². The zero-order valence-electron chi connectivity index (χ0n) is 11.5. The summed E-state index contributed by atoms with van der Waals surface area (Å²) in [5.41, 5.74) is 8.55. The van der Waals surface area contributed by atoms with Crippen molar-refractivity contribution in [2.45, 2.75) is 33.1 Å². The lowest BCUT2D eigenvalue weighted by atomic mass is 9.69. The lowest BCUT2D eigenvalue weighted by molar-refractivity contribution is 0.163. The zero-order chi connectivity index (χ0) is 13.0. The van der Waals surface area contributed by atoms with Crippen molar-refractivity contribution in [3.63, 3.8) is 0 Å². The summed E-state index contributed by atoms with van der Waals surface area (Å²) < 4.78 is 5.54. The molecule has 3 N–H and O–H groups in total. The van der Waals surface area contributed by atoms with Crippen molar-refractivity contribution < 1.29 is 4.74 Å². The standard InChI is InChI=1S/C15H24N2O/c1-3-18-14-6-5-13(9-12(14)2)17-11-15(10-16)7-4-8-15/h5-6,9,17H,3-4,7-8,10-11,16H2,1-2H3. The minimum atomic E-state index is 0.340. The van der Waals surface area contributed by atoms with Crippen LogP contribution in [0.2, 0.25) is 0 Å². The van der Waals surface area contributed by atoms with Crippen LogP contribution in [0.1, 0.15) is 31.7 Å². The van der Waals surface area contributed by atoms with E-state index in [4.69, 9.17) is 10.5 Å². The Labute approximate surface area is 110 Å². The van der Waals surface area contributed by atoms with E-state index in [0.717, 1.165) is 24.5 Å². The van der Waals surface area contributed by atoms with E-state index < -0.39 is 0 Å². The SMILES string of the molecule is CCOc1ccc(NCC2(CN)CCC2)cc1C. The van der Waals surface area contributed by atoms with Crippen molar-refractivity contribution in [1.82, 2.24) is 0 Å². The molecule has 1 fully saturated rings. The van der Waals surface area contributed by atoms with E-state index in [9.17, 15) is 0 Å². The number of hydrogen-bond acceptors (Lipinski definition) is 3. The van der Waals surface area contributed by atoms with Crippen molar-refractivity contribution in [3.05, 3.63) is 23.8 Å². The summed E-state index contributed by atoms with van der Waals surface area (Å²) in [7, 11) is 0. The normalized spacial score (nSPS) is 17.1. The number of anilines is 1. The van der Waals surface area contributed by atoms with Gasteiger partial charge in [-0.3, -0.25) is 0 Å². The third-order valence-corrected chi connectivity index (χ3v) is 3.99. The molecule has 0 aliphatic heterocycles. The molecule has 0 unspecified atom stereocenters. The third kappa shape index (κ3) is 2.78. The minimum absolute atomic E-state index is 0.340. The Balaban J connectivity index is 1.95. The average Bonchev–Trinajstić information content (AvgIpc) is 2.32. The molecular weight excluding hydrogens is 224 g/mol. The van der Waals surface area contributed by atoms with E-state index in [0.29, 0.717) is 12.0 Å². The van der Waals surface area contributed by atoms with Gasteiger partial charge in [-0.15, -0.1) is 0 Å². The van der Waals surface area contributed by atoms with Gasteiger partial charge in [-0.05, 0) is 62.4 Å². The summed E-state index contributed by atoms with van der Waals surface area (Å²) in [5.74, 6) is 0.972. The fraction of sp³-hybridized carbons (Fsp3) is 0.600. The molecule has 2 rings (SSSR count).